The highest BCUT2D eigenvalue weighted by Crippen LogP contribution is 2.35. The average molecular weight is 410 g/mol. The molecule has 1 aliphatic rings. The Bertz CT molecular complexity index is 1110. The zero-order valence-electron chi connectivity index (χ0n) is 16.8. The van der Waals surface area contributed by atoms with Gasteiger partial charge in [0, 0.05) is 12.3 Å². The molecule has 0 radical (unpaired) electrons. The highest BCUT2D eigenvalue weighted by Gasteiger charge is 2.26. The molecule has 1 aliphatic carbocycles. The van der Waals surface area contributed by atoms with E-state index in [1.807, 2.05) is 6.07 Å². The van der Waals surface area contributed by atoms with Crippen LogP contribution < -0.4 is 10.3 Å². The SMILES string of the molecule is CCOc1ccc(N=Cc2c(C)c(C#N)c(=O)n(C3CCCC3)c2O)c([N+](=O)[O-])c1. The highest BCUT2D eigenvalue weighted by atomic mass is 16.6. The lowest BCUT2D eigenvalue weighted by Gasteiger charge is -2.19. The van der Waals surface area contributed by atoms with Crippen molar-refractivity contribution in [3.8, 4) is 17.7 Å². The molecule has 30 heavy (non-hydrogen) atoms. The first-order valence-corrected chi connectivity index (χ1v) is 9.72. The monoisotopic (exact) mass is 410 g/mol. The third kappa shape index (κ3) is 3.89. The summed E-state index contributed by atoms with van der Waals surface area (Å²) in [5, 5.41) is 31.7. The van der Waals surface area contributed by atoms with Crippen molar-refractivity contribution in [2.24, 2.45) is 4.99 Å². The van der Waals surface area contributed by atoms with Gasteiger partial charge >= 0.3 is 0 Å². The minimum absolute atomic E-state index is 0.0673. The molecule has 1 fully saturated rings. The van der Waals surface area contributed by atoms with Crippen LogP contribution in [0.15, 0.2) is 28.0 Å². The number of nitro groups is 1. The smallest absolute Gasteiger partial charge is 0.298 e. The van der Waals surface area contributed by atoms with Crippen LogP contribution in [0.25, 0.3) is 0 Å². The van der Waals surface area contributed by atoms with Crippen molar-refractivity contribution in [2.75, 3.05) is 6.61 Å². The predicted molar refractivity (Wildman–Crippen MR) is 111 cm³/mol. The average Bonchev–Trinajstić information content (AvgIpc) is 3.23. The van der Waals surface area contributed by atoms with Gasteiger partial charge in [-0.2, -0.15) is 5.26 Å². The van der Waals surface area contributed by atoms with Gasteiger partial charge in [-0.1, -0.05) is 12.8 Å². The maximum Gasteiger partial charge on any atom is 0.298 e. The second-order valence-electron chi connectivity index (χ2n) is 7.06. The summed E-state index contributed by atoms with van der Waals surface area (Å²) in [5.74, 6) is 0.0736. The van der Waals surface area contributed by atoms with Crippen molar-refractivity contribution >= 4 is 17.6 Å². The maximum absolute atomic E-state index is 12.7. The second kappa shape index (κ2) is 8.78. The van der Waals surface area contributed by atoms with Crippen LogP contribution in [0.5, 0.6) is 11.6 Å². The van der Waals surface area contributed by atoms with E-state index in [4.69, 9.17) is 4.74 Å². The van der Waals surface area contributed by atoms with Gasteiger partial charge in [0.15, 0.2) is 0 Å². The topological polar surface area (TPSA) is 131 Å². The molecule has 9 nitrogen and oxygen atoms in total. The predicted octanol–water partition coefficient (Wildman–Crippen LogP) is 3.91. The summed E-state index contributed by atoms with van der Waals surface area (Å²) < 4.78 is 6.55. The van der Waals surface area contributed by atoms with Gasteiger partial charge in [-0.05, 0) is 44.4 Å². The number of nitrogens with zero attached hydrogens (tertiary/aromatic N) is 4. The van der Waals surface area contributed by atoms with Crippen molar-refractivity contribution in [2.45, 2.75) is 45.6 Å². The molecule has 0 saturated heterocycles. The van der Waals surface area contributed by atoms with Gasteiger partial charge in [0.1, 0.15) is 23.1 Å². The third-order valence-electron chi connectivity index (χ3n) is 5.27. The molecule has 3 rings (SSSR count). The van der Waals surface area contributed by atoms with Crippen LogP contribution in [0, 0.1) is 28.4 Å². The van der Waals surface area contributed by atoms with Crippen molar-refractivity contribution < 1.29 is 14.8 Å². The van der Waals surface area contributed by atoms with E-state index in [2.05, 4.69) is 4.99 Å². The number of aromatic nitrogens is 1. The highest BCUT2D eigenvalue weighted by molar-refractivity contribution is 5.88. The van der Waals surface area contributed by atoms with E-state index >= 15 is 0 Å². The zero-order chi connectivity index (χ0) is 21.8. The lowest BCUT2D eigenvalue weighted by molar-refractivity contribution is -0.384. The number of ether oxygens (including phenoxy) is 1. The normalized spacial score (nSPS) is 14.2. The number of hydrogen-bond acceptors (Lipinski definition) is 7. The number of aromatic hydroxyl groups is 1. The minimum atomic E-state index is -0.567. The Morgan fingerprint density at radius 1 is 1.43 bits per heavy atom. The Morgan fingerprint density at radius 2 is 2.13 bits per heavy atom. The van der Waals surface area contributed by atoms with E-state index < -0.39 is 10.5 Å². The molecule has 0 unspecified atom stereocenters. The summed E-state index contributed by atoms with van der Waals surface area (Å²) in [4.78, 5) is 27.8. The molecule has 0 amide bonds. The Hall–Kier alpha value is -3.67. The summed E-state index contributed by atoms with van der Waals surface area (Å²) in [6, 6.07) is 6.03. The molecular weight excluding hydrogens is 388 g/mol. The second-order valence-corrected chi connectivity index (χ2v) is 7.06. The first-order chi connectivity index (χ1) is 14.4. The summed E-state index contributed by atoms with van der Waals surface area (Å²) in [6.45, 7) is 3.69. The lowest BCUT2D eigenvalue weighted by Crippen LogP contribution is -2.28. The summed E-state index contributed by atoms with van der Waals surface area (Å²) >= 11 is 0. The van der Waals surface area contributed by atoms with E-state index in [0.717, 1.165) is 25.7 Å². The summed E-state index contributed by atoms with van der Waals surface area (Å²) in [5.41, 5.74) is -0.294. The fourth-order valence-corrected chi connectivity index (χ4v) is 3.75. The molecule has 0 aliphatic heterocycles. The largest absolute Gasteiger partial charge is 0.494 e. The number of benzene rings is 1. The lowest BCUT2D eigenvalue weighted by atomic mass is 10.0. The van der Waals surface area contributed by atoms with Gasteiger partial charge in [-0.25, -0.2) is 4.99 Å². The van der Waals surface area contributed by atoms with E-state index in [-0.39, 0.29) is 40.0 Å². The molecule has 0 spiro atoms. The van der Waals surface area contributed by atoms with Crippen LogP contribution in [-0.4, -0.2) is 27.4 Å². The molecule has 1 saturated carbocycles. The molecule has 1 aromatic carbocycles. The molecule has 1 heterocycles. The van der Waals surface area contributed by atoms with Gasteiger partial charge < -0.3 is 9.84 Å². The van der Waals surface area contributed by atoms with Gasteiger partial charge in [0.2, 0.25) is 5.88 Å². The zero-order valence-corrected chi connectivity index (χ0v) is 16.8. The van der Waals surface area contributed by atoms with E-state index in [0.29, 0.717) is 12.4 Å². The Morgan fingerprint density at radius 3 is 2.73 bits per heavy atom. The number of nitro benzene ring substituents is 1. The standard InChI is InChI=1S/C21H22N4O5/c1-3-30-15-8-9-18(19(10-15)25(28)29)23-12-17-13(2)16(11-22)20(26)24(21(17)27)14-6-4-5-7-14/h8-10,12,14,27H,3-7H2,1-2H3. The quantitative estimate of drug-likeness (QED) is 0.436. The van der Waals surface area contributed by atoms with Gasteiger partial charge in [0.05, 0.1) is 23.2 Å². The molecule has 1 aromatic heterocycles. The molecule has 1 N–H and O–H groups in total. The number of pyridine rings is 1. The number of rotatable bonds is 6. The maximum atomic E-state index is 12.7. The van der Waals surface area contributed by atoms with Gasteiger partial charge in [0.25, 0.3) is 11.2 Å². The first kappa shape index (κ1) is 21.0. The van der Waals surface area contributed by atoms with Crippen LogP contribution in [0.1, 0.15) is 55.3 Å². The molecule has 156 valence electrons. The first-order valence-electron chi connectivity index (χ1n) is 9.72. The Labute approximate surface area is 173 Å². The molecule has 0 atom stereocenters. The van der Waals surface area contributed by atoms with Crippen LogP contribution in [0.4, 0.5) is 11.4 Å². The van der Waals surface area contributed by atoms with Crippen molar-refractivity contribution in [1.29, 1.82) is 5.26 Å². The van der Waals surface area contributed by atoms with Crippen molar-refractivity contribution in [1.82, 2.24) is 4.57 Å². The fourth-order valence-electron chi connectivity index (χ4n) is 3.75. The summed E-state index contributed by atoms with van der Waals surface area (Å²) in [7, 11) is 0. The molecular formula is C21H22N4O5. The van der Waals surface area contributed by atoms with Crippen LogP contribution in [0.3, 0.4) is 0 Å². The van der Waals surface area contributed by atoms with E-state index in [1.165, 1.54) is 22.9 Å². The molecule has 9 heteroatoms. The van der Waals surface area contributed by atoms with Crippen LogP contribution in [0.2, 0.25) is 0 Å². The van der Waals surface area contributed by atoms with Crippen molar-refractivity contribution in [3.05, 3.63) is 55.4 Å². The number of nitriles is 1. The van der Waals surface area contributed by atoms with Gasteiger partial charge in [-0.15, -0.1) is 0 Å². The molecule has 2 aromatic rings. The number of aliphatic imine (C=N–C) groups is 1. The molecule has 0 bridgehead atoms. The minimum Gasteiger partial charge on any atom is -0.494 e. The van der Waals surface area contributed by atoms with E-state index in [1.54, 1.807) is 19.9 Å². The van der Waals surface area contributed by atoms with E-state index in [9.17, 15) is 25.3 Å². The Balaban J connectivity index is 2.12. The van der Waals surface area contributed by atoms with Crippen LogP contribution >= 0.6 is 0 Å². The number of hydrogen-bond donors (Lipinski definition) is 1. The Kier molecular flexibility index (Phi) is 6.16. The van der Waals surface area contributed by atoms with Crippen LogP contribution in [-0.2, 0) is 0 Å². The summed E-state index contributed by atoms with van der Waals surface area (Å²) in [6.07, 6.45) is 4.62. The van der Waals surface area contributed by atoms with Gasteiger partial charge in [-0.3, -0.25) is 19.5 Å². The van der Waals surface area contributed by atoms with Crippen molar-refractivity contribution in [3.63, 3.8) is 0 Å². The third-order valence-corrected chi connectivity index (χ3v) is 5.27. The fraction of sp³-hybridized carbons (Fsp3) is 0.381.